The molecular weight excluding hydrogens is 290 g/mol. The SMILES string of the molecule is COc1ccc(NC(=O)Nc2cccc([N+](=O)[O-])c2O)cc1. The maximum absolute atomic E-state index is 11.8. The molecule has 22 heavy (non-hydrogen) atoms. The van der Waals surface area contributed by atoms with Gasteiger partial charge in [-0.3, -0.25) is 10.1 Å². The monoisotopic (exact) mass is 303 g/mol. The van der Waals surface area contributed by atoms with E-state index in [0.29, 0.717) is 11.4 Å². The van der Waals surface area contributed by atoms with Gasteiger partial charge in [0, 0.05) is 11.8 Å². The number of methoxy groups -OCH3 is 1. The number of nitro benzene ring substituents is 1. The highest BCUT2D eigenvalue weighted by Gasteiger charge is 2.17. The highest BCUT2D eigenvalue weighted by molar-refractivity contribution is 6.01. The number of anilines is 2. The number of nitrogens with one attached hydrogen (secondary N) is 2. The molecule has 8 nitrogen and oxygen atoms in total. The van der Waals surface area contributed by atoms with Gasteiger partial charge in [0.25, 0.3) is 0 Å². The van der Waals surface area contributed by atoms with Gasteiger partial charge in [0.1, 0.15) is 5.75 Å². The Kier molecular flexibility index (Phi) is 4.42. The number of carbonyl (C=O) groups is 1. The number of aromatic hydroxyl groups is 1. The van der Waals surface area contributed by atoms with E-state index in [9.17, 15) is 20.0 Å². The van der Waals surface area contributed by atoms with Crippen LogP contribution in [0.3, 0.4) is 0 Å². The van der Waals surface area contributed by atoms with Crippen LogP contribution < -0.4 is 15.4 Å². The molecule has 0 saturated heterocycles. The lowest BCUT2D eigenvalue weighted by Crippen LogP contribution is -2.19. The first-order valence-electron chi connectivity index (χ1n) is 6.19. The topological polar surface area (TPSA) is 114 Å². The fourth-order valence-corrected chi connectivity index (χ4v) is 1.74. The minimum atomic E-state index is -0.734. The average molecular weight is 303 g/mol. The molecule has 0 aliphatic rings. The summed E-state index contributed by atoms with van der Waals surface area (Å²) in [5.41, 5.74) is -0.0364. The molecule has 2 aromatic carbocycles. The lowest BCUT2D eigenvalue weighted by Gasteiger charge is -2.09. The molecule has 3 N–H and O–H groups in total. The van der Waals surface area contributed by atoms with Crippen LogP contribution in [-0.2, 0) is 0 Å². The number of rotatable bonds is 4. The Morgan fingerprint density at radius 3 is 2.45 bits per heavy atom. The van der Waals surface area contributed by atoms with Gasteiger partial charge < -0.3 is 20.5 Å². The molecule has 114 valence electrons. The van der Waals surface area contributed by atoms with Gasteiger partial charge in [-0.05, 0) is 30.3 Å². The molecule has 2 aromatic rings. The van der Waals surface area contributed by atoms with Crippen LogP contribution in [-0.4, -0.2) is 23.2 Å². The molecule has 0 heterocycles. The minimum Gasteiger partial charge on any atom is -0.501 e. The third kappa shape index (κ3) is 3.42. The van der Waals surface area contributed by atoms with E-state index in [1.807, 2.05) is 0 Å². The van der Waals surface area contributed by atoms with Gasteiger partial charge in [0.15, 0.2) is 0 Å². The number of benzene rings is 2. The van der Waals surface area contributed by atoms with Crippen LogP contribution in [0.5, 0.6) is 11.5 Å². The fourth-order valence-electron chi connectivity index (χ4n) is 1.74. The van der Waals surface area contributed by atoms with Crippen LogP contribution in [0.15, 0.2) is 42.5 Å². The van der Waals surface area contributed by atoms with Gasteiger partial charge in [-0.1, -0.05) is 6.07 Å². The van der Waals surface area contributed by atoms with Crippen molar-refractivity contribution in [3.05, 3.63) is 52.6 Å². The second-order valence-electron chi connectivity index (χ2n) is 4.24. The molecule has 0 atom stereocenters. The van der Waals surface area contributed by atoms with E-state index in [0.717, 1.165) is 6.07 Å². The van der Waals surface area contributed by atoms with Gasteiger partial charge in [0.05, 0.1) is 17.7 Å². The minimum absolute atomic E-state index is 0.0554. The largest absolute Gasteiger partial charge is 0.501 e. The molecule has 0 fully saturated rings. The van der Waals surface area contributed by atoms with E-state index in [4.69, 9.17) is 4.74 Å². The maximum Gasteiger partial charge on any atom is 0.323 e. The van der Waals surface area contributed by atoms with Gasteiger partial charge in [-0.15, -0.1) is 0 Å². The average Bonchev–Trinajstić information content (AvgIpc) is 2.50. The van der Waals surface area contributed by atoms with Crippen molar-refractivity contribution in [3.63, 3.8) is 0 Å². The van der Waals surface area contributed by atoms with Crippen molar-refractivity contribution >= 4 is 23.1 Å². The summed E-state index contributed by atoms with van der Waals surface area (Å²) in [4.78, 5) is 21.8. The second-order valence-corrected chi connectivity index (χ2v) is 4.24. The third-order valence-electron chi connectivity index (χ3n) is 2.81. The van der Waals surface area contributed by atoms with Crippen molar-refractivity contribution in [3.8, 4) is 11.5 Å². The van der Waals surface area contributed by atoms with Crippen molar-refractivity contribution in [2.75, 3.05) is 17.7 Å². The number of para-hydroxylation sites is 1. The fraction of sp³-hybridized carbons (Fsp3) is 0.0714. The summed E-state index contributed by atoms with van der Waals surface area (Å²) in [6.45, 7) is 0. The summed E-state index contributed by atoms with van der Waals surface area (Å²) in [6, 6.07) is 9.82. The smallest absolute Gasteiger partial charge is 0.323 e. The molecule has 2 amide bonds. The van der Waals surface area contributed by atoms with Crippen molar-refractivity contribution in [2.24, 2.45) is 0 Å². The maximum atomic E-state index is 11.8. The van der Waals surface area contributed by atoms with Crippen molar-refractivity contribution in [2.45, 2.75) is 0 Å². The predicted molar refractivity (Wildman–Crippen MR) is 80.4 cm³/mol. The zero-order valence-corrected chi connectivity index (χ0v) is 11.6. The van der Waals surface area contributed by atoms with Gasteiger partial charge in [-0.25, -0.2) is 4.79 Å². The highest BCUT2D eigenvalue weighted by atomic mass is 16.6. The van der Waals surface area contributed by atoms with E-state index in [1.54, 1.807) is 24.3 Å². The molecule has 0 bridgehead atoms. The second kappa shape index (κ2) is 6.44. The molecule has 0 aliphatic carbocycles. The Bertz CT molecular complexity index is 700. The number of nitrogens with zero attached hydrogens (tertiary/aromatic N) is 1. The van der Waals surface area contributed by atoms with Gasteiger partial charge >= 0.3 is 11.7 Å². The molecule has 0 spiro atoms. The number of hydrogen-bond donors (Lipinski definition) is 3. The van der Waals surface area contributed by atoms with Crippen LogP contribution in [0.25, 0.3) is 0 Å². The summed E-state index contributed by atoms with van der Waals surface area (Å²) in [6.07, 6.45) is 0. The summed E-state index contributed by atoms with van der Waals surface area (Å²) < 4.78 is 5.00. The Balaban J connectivity index is 2.08. The molecule has 0 radical (unpaired) electrons. The summed E-state index contributed by atoms with van der Waals surface area (Å²) >= 11 is 0. The van der Waals surface area contributed by atoms with Crippen LogP contribution >= 0.6 is 0 Å². The Morgan fingerprint density at radius 2 is 1.86 bits per heavy atom. The van der Waals surface area contributed by atoms with Crippen LogP contribution in [0, 0.1) is 10.1 Å². The van der Waals surface area contributed by atoms with Crippen molar-refractivity contribution in [1.82, 2.24) is 0 Å². The summed E-state index contributed by atoms with van der Waals surface area (Å²) in [5, 5.41) is 25.3. The summed E-state index contributed by atoms with van der Waals surface area (Å²) in [7, 11) is 1.53. The molecule has 0 aromatic heterocycles. The molecule has 0 unspecified atom stereocenters. The lowest BCUT2D eigenvalue weighted by atomic mass is 10.2. The molecule has 0 aliphatic heterocycles. The molecule has 0 saturated carbocycles. The molecule has 2 rings (SSSR count). The van der Waals surface area contributed by atoms with Crippen molar-refractivity contribution in [1.29, 1.82) is 0 Å². The predicted octanol–water partition coefficient (Wildman–Crippen LogP) is 2.95. The quantitative estimate of drug-likeness (QED) is 0.456. The number of carbonyl (C=O) groups excluding carboxylic acids is 1. The van der Waals surface area contributed by atoms with Gasteiger partial charge in [-0.2, -0.15) is 0 Å². The number of ether oxygens (including phenoxy) is 1. The standard InChI is InChI=1S/C14H13N3O5/c1-22-10-7-5-9(6-8-10)15-14(19)16-11-3-2-4-12(13(11)18)17(20)21/h2-8,18H,1H3,(H2,15,16,19). The van der Waals surface area contributed by atoms with Crippen LogP contribution in [0.1, 0.15) is 0 Å². The Labute approximate surface area is 125 Å². The molecular formula is C14H13N3O5. The Hall–Kier alpha value is -3.29. The number of nitro groups is 1. The van der Waals surface area contributed by atoms with Crippen LogP contribution in [0.4, 0.5) is 21.9 Å². The summed E-state index contributed by atoms with van der Waals surface area (Å²) in [5.74, 6) is 0.0414. The zero-order chi connectivity index (χ0) is 16.1. The van der Waals surface area contributed by atoms with E-state index in [1.165, 1.54) is 19.2 Å². The lowest BCUT2D eigenvalue weighted by molar-refractivity contribution is -0.385. The van der Waals surface area contributed by atoms with E-state index >= 15 is 0 Å². The number of phenols is 1. The third-order valence-corrected chi connectivity index (χ3v) is 2.81. The first-order chi connectivity index (χ1) is 10.5. The van der Waals surface area contributed by atoms with Gasteiger partial charge in [0.2, 0.25) is 5.75 Å². The van der Waals surface area contributed by atoms with E-state index < -0.39 is 22.4 Å². The van der Waals surface area contributed by atoms with Crippen molar-refractivity contribution < 1.29 is 19.6 Å². The first kappa shape index (κ1) is 15.1. The Morgan fingerprint density at radius 1 is 1.18 bits per heavy atom. The van der Waals surface area contributed by atoms with E-state index in [2.05, 4.69) is 10.6 Å². The highest BCUT2D eigenvalue weighted by Crippen LogP contribution is 2.33. The number of phenolic OH excluding ortho intramolecular Hbond substituents is 1. The van der Waals surface area contributed by atoms with E-state index in [-0.39, 0.29) is 5.69 Å². The number of amides is 2. The van der Waals surface area contributed by atoms with Crippen LogP contribution in [0.2, 0.25) is 0 Å². The number of urea groups is 1. The zero-order valence-electron chi connectivity index (χ0n) is 11.6. The normalized spacial score (nSPS) is 9.86. The number of hydrogen-bond acceptors (Lipinski definition) is 5. The first-order valence-corrected chi connectivity index (χ1v) is 6.19. The molecule has 8 heteroatoms.